The maximum absolute atomic E-state index is 12.4. The van der Waals surface area contributed by atoms with Crippen LogP contribution in [0.1, 0.15) is 44.9 Å². The quantitative estimate of drug-likeness (QED) is 0.738. The maximum Gasteiger partial charge on any atom is 0.334 e. The molecule has 2 heterocycles. The molecule has 0 saturated heterocycles. The zero-order valence-corrected chi connectivity index (χ0v) is 12.3. The van der Waals surface area contributed by atoms with Gasteiger partial charge in [-0.15, -0.1) is 0 Å². The first-order valence-corrected chi connectivity index (χ1v) is 7.08. The molecule has 3 rings (SSSR count). The van der Waals surface area contributed by atoms with E-state index in [2.05, 4.69) is 21.8 Å². The summed E-state index contributed by atoms with van der Waals surface area (Å²) < 4.78 is 7.68. The van der Waals surface area contributed by atoms with Gasteiger partial charge in [0.05, 0.1) is 0 Å². The number of carbonyl (C=O) groups excluding carboxylic acids is 1. The van der Waals surface area contributed by atoms with Crippen LogP contribution in [0.5, 0.6) is 0 Å². The van der Waals surface area contributed by atoms with E-state index in [9.17, 15) is 4.79 Å². The number of aromatic nitrogens is 1. The van der Waals surface area contributed by atoms with Gasteiger partial charge in [-0.1, -0.05) is 0 Å². The third-order valence-corrected chi connectivity index (χ3v) is 3.65. The molecule has 2 aliphatic rings. The van der Waals surface area contributed by atoms with Gasteiger partial charge in [-0.25, -0.2) is 4.79 Å². The average Bonchev–Trinajstić information content (AvgIpc) is 2.63. The van der Waals surface area contributed by atoms with Gasteiger partial charge in [-0.05, 0) is 50.8 Å². The number of allylic oxidation sites excluding steroid dienone is 1. The summed E-state index contributed by atoms with van der Waals surface area (Å²) in [6.07, 6.45) is 6.34. The highest BCUT2D eigenvalue weighted by atomic mass is 16.6. The van der Waals surface area contributed by atoms with Gasteiger partial charge in [0.25, 0.3) is 0 Å². The Bertz CT molecular complexity index is 615. The fourth-order valence-electron chi connectivity index (χ4n) is 2.84. The number of hydrogen-bond acceptors (Lipinski definition) is 3. The van der Waals surface area contributed by atoms with E-state index in [0.717, 1.165) is 24.0 Å². The Balaban J connectivity index is 2.04. The molecule has 4 nitrogen and oxygen atoms in total. The van der Waals surface area contributed by atoms with E-state index in [4.69, 9.17) is 4.74 Å². The van der Waals surface area contributed by atoms with Crippen molar-refractivity contribution in [2.24, 2.45) is 4.99 Å². The number of carbonyl (C=O) groups is 1. The number of nitrogens with zero attached hydrogens (tertiary/aromatic N) is 2. The lowest BCUT2D eigenvalue weighted by molar-refractivity contribution is -0.150. The minimum Gasteiger partial charge on any atom is -0.457 e. The van der Waals surface area contributed by atoms with Crippen LogP contribution in [0.4, 0.5) is 0 Å². The molecule has 20 heavy (non-hydrogen) atoms. The van der Waals surface area contributed by atoms with Crippen LogP contribution in [0.25, 0.3) is 5.57 Å². The van der Waals surface area contributed by atoms with Crippen molar-refractivity contribution in [3.05, 3.63) is 29.1 Å². The normalized spacial score (nSPS) is 17.8. The lowest BCUT2D eigenvalue weighted by atomic mass is 9.88. The molecule has 0 amide bonds. The largest absolute Gasteiger partial charge is 0.457 e. The highest BCUT2D eigenvalue weighted by molar-refractivity contribution is 6.01. The second-order valence-corrected chi connectivity index (χ2v) is 6.33. The molecule has 0 spiro atoms. The lowest BCUT2D eigenvalue weighted by Gasteiger charge is -2.24. The number of ether oxygens (including phenoxy) is 1. The van der Waals surface area contributed by atoms with Gasteiger partial charge in [0.2, 0.25) is 0 Å². The second kappa shape index (κ2) is 4.62. The van der Waals surface area contributed by atoms with Gasteiger partial charge in [0.1, 0.15) is 12.3 Å². The monoisotopic (exact) mass is 272 g/mol. The molecule has 4 heteroatoms. The zero-order chi connectivity index (χ0) is 14.3. The van der Waals surface area contributed by atoms with Crippen molar-refractivity contribution in [2.75, 3.05) is 0 Å². The maximum atomic E-state index is 12.4. The van der Waals surface area contributed by atoms with E-state index in [1.807, 2.05) is 27.0 Å². The molecule has 1 aliphatic heterocycles. The Morgan fingerprint density at radius 1 is 1.35 bits per heavy atom. The van der Waals surface area contributed by atoms with Crippen molar-refractivity contribution >= 4 is 17.8 Å². The minimum absolute atomic E-state index is 0.179. The Morgan fingerprint density at radius 3 is 2.90 bits per heavy atom. The molecule has 1 aromatic heterocycles. The molecule has 0 fully saturated rings. The van der Waals surface area contributed by atoms with Crippen molar-refractivity contribution in [1.29, 1.82) is 0 Å². The Hall–Kier alpha value is -1.84. The number of aryl methyl sites for hydroxylation is 1. The Kier molecular flexibility index (Phi) is 3.04. The van der Waals surface area contributed by atoms with Gasteiger partial charge in [-0.3, -0.25) is 4.99 Å². The highest BCUT2D eigenvalue weighted by Gasteiger charge is 2.29. The fraction of sp³-hybridized carbons (Fsp3) is 0.500. The molecule has 106 valence electrons. The topological polar surface area (TPSA) is 43.6 Å². The van der Waals surface area contributed by atoms with Crippen LogP contribution in [0.2, 0.25) is 0 Å². The van der Waals surface area contributed by atoms with Crippen molar-refractivity contribution in [2.45, 2.75) is 52.3 Å². The summed E-state index contributed by atoms with van der Waals surface area (Å²) in [6, 6.07) is 2.14. The van der Waals surface area contributed by atoms with Gasteiger partial charge in [-0.2, -0.15) is 0 Å². The highest BCUT2D eigenvalue weighted by Crippen LogP contribution is 2.36. The van der Waals surface area contributed by atoms with Crippen molar-refractivity contribution < 1.29 is 9.53 Å². The van der Waals surface area contributed by atoms with Gasteiger partial charge in [0.15, 0.2) is 0 Å². The lowest BCUT2D eigenvalue weighted by Crippen LogP contribution is -2.26. The van der Waals surface area contributed by atoms with Gasteiger partial charge >= 0.3 is 5.97 Å². The molecular formula is C16H20N2O2. The fourth-order valence-corrected chi connectivity index (χ4v) is 2.84. The first-order chi connectivity index (χ1) is 9.46. The molecule has 1 aliphatic carbocycles. The molecular weight excluding hydrogens is 252 g/mol. The van der Waals surface area contributed by atoms with E-state index < -0.39 is 5.60 Å². The number of esters is 1. The molecule has 0 atom stereocenters. The zero-order valence-electron chi connectivity index (χ0n) is 12.3. The van der Waals surface area contributed by atoms with Crippen molar-refractivity contribution in [1.82, 2.24) is 4.57 Å². The molecule has 0 aromatic carbocycles. The van der Waals surface area contributed by atoms with E-state index in [1.165, 1.54) is 11.3 Å². The van der Waals surface area contributed by atoms with Crippen LogP contribution in [-0.4, -0.2) is 22.4 Å². The SMILES string of the molecule is CC(C)(C)OC(=O)C1=C2CC=NCn3ccc(c32)CC1. The first kappa shape index (κ1) is 13.2. The number of rotatable bonds is 1. The van der Waals surface area contributed by atoms with Crippen LogP contribution in [0.15, 0.2) is 22.8 Å². The van der Waals surface area contributed by atoms with Crippen LogP contribution in [0, 0.1) is 0 Å². The molecule has 0 radical (unpaired) electrons. The number of aliphatic imine (C=N–C) groups is 1. The standard InChI is InChI=1S/C16H20N2O2/c1-16(2,3)20-15(19)13-5-4-11-7-9-18-10-17-8-6-12(13)14(11)18/h7-9H,4-6,10H2,1-3H3. The van der Waals surface area contributed by atoms with Crippen LogP contribution in [-0.2, 0) is 22.6 Å². The van der Waals surface area contributed by atoms with E-state index >= 15 is 0 Å². The third-order valence-electron chi connectivity index (χ3n) is 3.65. The molecule has 0 N–H and O–H groups in total. The predicted octanol–water partition coefficient (Wildman–Crippen LogP) is 2.96. The predicted molar refractivity (Wildman–Crippen MR) is 78.6 cm³/mol. The van der Waals surface area contributed by atoms with Crippen LogP contribution < -0.4 is 0 Å². The summed E-state index contributed by atoms with van der Waals surface area (Å²) in [5, 5.41) is 0. The Morgan fingerprint density at radius 2 is 2.15 bits per heavy atom. The molecule has 1 aromatic rings. The van der Waals surface area contributed by atoms with E-state index in [0.29, 0.717) is 13.1 Å². The van der Waals surface area contributed by atoms with Gasteiger partial charge in [0, 0.05) is 30.1 Å². The van der Waals surface area contributed by atoms with Crippen LogP contribution >= 0.6 is 0 Å². The van der Waals surface area contributed by atoms with E-state index in [-0.39, 0.29) is 5.97 Å². The van der Waals surface area contributed by atoms with Crippen LogP contribution in [0.3, 0.4) is 0 Å². The summed E-state index contributed by atoms with van der Waals surface area (Å²) >= 11 is 0. The van der Waals surface area contributed by atoms with E-state index in [1.54, 1.807) is 0 Å². The molecule has 0 unspecified atom stereocenters. The van der Waals surface area contributed by atoms with Crippen molar-refractivity contribution in [3.8, 4) is 0 Å². The summed E-state index contributed by atoms with van der Waals surface area (Å²) in [6.45, 7) is 6.35. The van der Waals surface area contributed by atoms with Crippen molar-refractivity contribution in [3.63, 3.8) is 0 Å². The first-order valence-electron chi connectivity index (χ1n) is 7.08. The summed E-state index contributed by atoms with van der Waals surface area (Å²) in [5.41, 5.74) is 3.95. The van der Waals surface area contributed by atoms with Gasteiger partial charge < -0.3 is 9.30 Å². The summed E-state index contributed by atoms with van der Waals surface area (Å²) in [4.78, 5) is 16.8. The smallest absolute Gasteiger partial charge is 0.334 e. The summed E-state index contributed by atoms with van der Waals surface area (Å²) in [7, 11) is 0. The number of hydrogen-bond donors (Lipinski definition) is 0. The molecule has 0 saturated carbocycles. The Labute approximate surface area is 119 Å². The second-order valence-electron chi connectivity index (χ2n) is 6.33. The average molecular weight is 272 g/mol. The summed E-state index contributed by atoms with van der Waals surface area (Å²) in [5.74, 6) is -0.179. The minimum atomic E-state index is -0.453. The third kappa shape index (κ3) is 2.30. The molecule has 0 bridgehead atoms.